The van der Waals surface area contributed by atoms with Crippen LogP contribution in [0.2, 0.25) is 0 Å². The van der Waals surface area contributed by atoms with Crippen molar-refractivity contribution in [1.82, 2.24) is 0 Å². The van der Waals surface area contributed by atoms with Gasteiger partial charge in [-0.3, -0.25) is 4.55 Å². The summed E-state index contributed by atoms with van der Waals surface area (Å²) in [6.45, 7) is -0.579. The second-order valence-electron chi connectivity index (χ2n) is 5.61. The van der Waals surface area contributed by atoms with Crippen LogP contribution in [0.3, 0.4) is 0 Å². The fourth-order valence-electron chi connectivity index (χ4n) is 2.21. The van der Waals surface area contributed by atoms with Crippen molar-refractivity contribution in [3.63, 3.8) is 0 Å². The number of rotatable bonds is 10. The molecule has 1 aliphatic heterocycles. The van der Waals surface area contributed by atoms with E-state index in [1.807, 2.05) is 6.26 Å². The largest absolute Gasteiger partial charge is 0.466 e. The number of ether oxygens (including phenoxy) is 1. The Morgan fingerprint density at radius 2 is 1.85 bits per heavy atom. The normalized spacial score (nSPS) is 30.4. The minimum absolute atomic E-state index is 0.121. The van der Waals surface area contributed by atoms with E-state index < -0.39 is 46.9 Å². The summed E-state index contributed by atoms with van der Waals surface area (Å²) in [6, 6.07) is 0. The van der Waals surface area contributed by atoms with Gasteiger partial charge in [0.05, 0.1) is 6.61 Å². The zero-order chi connectivity index (χ0) is 19.7. The molecular weight excluding hydrogens is 410 g/mol. The Morgan fingerprint density at radius 1 is 1.15 bits per heavy atom. The zero-order valence-electron chi connectivity index (χ0n) is 14.2. The van der Waals surface area contributed by atoms with Crippen LogP contribution in [0.25, 0.3) is 0 Å². The number of unbranched alkanes of at least 4 members (excludes halogenated alkanes) is 2. The second-order valence-corrected chi connectivity index (χ2v) is 8.77. The van der Waals surface area contributed by atoms with Crippen LogP contribution < -0.4 is 0 Å². The van der Waals surface area contributed by atoms with Gasteiger partial charge in [-0.05, 0) is 31.3 Å². The van der Waals surface area contributed by atoms with Crippen molar-refractivity contribution < 1.29 is 42.4 Å². The highest BCUT2D eigenvalue weighted by Crippen LogP contribution is 2.30. The summed E-state index contributed by atoms with van der Waals surface area (Å²) < 4.78 is 39.5. The molecule has 0 unspecified atom stereocenters. The molecule has 26 heavy (non-hydrogen) atoms. The summed E-state index contributed by atoms with van der Waals surface area (Å²) in [6.07, 6.45) is -0.887. The van der Waals surface area contributed by atoms with Gasteiger partial charge in [-0.15, -0.1) is 0 Å². The van der Waals surface area contributed by atoms with E-state index in [1.54, 1.807) is 11.8 Å². The molecule has 0 spiro atoms. The van der Waals surface area contributed by atoms with Crippen molar-refractivity contribution in [3.8, 4) is 0 Å². The van der Waals surface area contributed by atoms with Crippen molar-refractivity contribution in [2.45, 2.75) is 55.5 Å². The SMILES string of the molecule is CSCCCCC/C(=N\OS(=O)(=O)O)S[C@H]1O[C@@H](CO)[C@H](O)[C@@H](O)[C@H]1O. The maximum atomic E-state index is 10.7. The monoisotopic (exact) mass is 435 g/mol. The maximum Gasteiger partial charge on any atom is 0.466 e. The molecule has 154 valence electrons. The topological polar surface area (TPSA) is 166 Å². The van der Waals surface area contributed by atoms with Gasteiger partial charge < -0.3 is 25.2 Å². The average Bonchev–Trinajstić information content (AvgIpc) is 2.58. The van der Waals surface area contributed by atoms with Crippen molar-refractivity contribution >= 4 is 39.0 Å². The summed E-state index contributed by atoms with van der Waals surface area (Å²) in [5.74, 6) is 0.980. The van der Waals surface area contributed by atoms with Crippen LogP contribution in [-0.2, 0) is 19.4 Å². The maximum absolute atomic E-state index is 10.7. The molecule has 0 bridgehead atoms. The van der Waals surface area contributed by atoms with Gasteiger partial charge in [0, 0.05) is 0 Å². The van der Waals surface area contributed by atoms with Crippen molar-refractivity contribution in [1.29, 1.82) is 0 Å². The quantitative estimate of drug-likeness (QED) is 0.0993. The third kappa shape index (κ3) is 8.27. The highest BCUT2D eigenvalue weighted by atomic mass is 32.3. The minimum Gasteiger partial charge on any atom is -0.394 e. The van der Waals surface area contributed by atoms with E-state index in [1.165, 1.54) is 0 Å². The molecule has 0 saturated carbocycles. The summed E-state index contributed by atoms with van der Waals surface area (Å²) >= 11 is 2.50. The molecule has 0 amide bonds. The minimum atomic E-state index is -4.78. The molecule has 1 heterocycles. The Bertz CT molecular complexity index is 543. The van der Waals surface area contributed by atoms with Gasteiger partial charge in [-0.1, -0.05) is 23.3 Å². The van der Waals surface area contributed by atoms with Crippen LogP contribution in [-0.4, -0.2) is 86.9 Å². The number of aliphatic hydroxyl groups is 4. The van der Waals surface area contributed by atoms with Gasteiger partial charge in [0.15, 0.2) is 0 Å². The summed E-state index contributed by atoms with van der Waals surface area (Å²) in [5.41, 5.74) is -1.11. The first-order valence-corrected chi connectivity index (χ1v) is 11.5. The van der Waals surface area contributed by atoms with Gasteiger partial charge in [0.1, 0.15) is 34.9 Å². The van der Waals surface area contributed by atoms with E-state index in [9.17, 15) is 28.8 Å². The Hall–Kier alpha value is -0.120. The molecule has 0 aromatic heterocycles. The van der Waals surface area contributed by atoms with Crippen LogP contribution in [0.4, 0.5) is 0 Å². The predicted octanol–water partition coefficient (Wildman–Crippen LogP) is -0.424. The molecule has 5 atom stereocenters. The van der Waals surface area contributed by atoms with Gasteiger partial charge >= 0.3 is 10.4 Å². The third-order valence-electron chi connectivity index (χ3n) is 3.57. The Kier molecular flexibility index (Phi) is 10.7. The lowest BCUT2D eigenvalue weighted by molar-refractivity contribution is -0.205. The van der Waals surface area contributed by atoms with Crippen LogP contribution in [0.1, 0.15) is 25.7 Å². The van der Waals surface area contributed by atoms with Crippen molar-refractivity contribution in [2.24, 2.45) is 5.16 Å². The lowest BCUT2D eigenvalue weighted by Crippen LogP contribution is -2.57. The number of thioether (sulfide) groups is 2. The highest BCUT2D eigenvalue weighted by Gasteiger charge is 2.44. The van der Waals surface area contributed by atoms with Crippen LogP contribution in [0.5, 0.6) is 0 Å². The number of aliphatic hydroxyl groups excluding tert-OH is 4. The van der Waals surface area contributed by atoms with Crippen molar-refractivity contribution in [2.75, 3.05) is 18.6 Å². The van der Waals surface area contributed by atoms with Gasteiger partial charge in [0.2, 0.25) is 0 Å². The average molecular weight is 436 g/mol. The number of hydrogen-bond acceptors (Lipinski definition) is 11. The number of oxime groups is 1. The Morgan fingerprint density at radius 3 is 2.42 bits per heavy atom. The third-order valence-corrected chi connectivity index (χ3v) is 5.71. The molecule has 0 aliphatic carbocycles. The first-order valence-electron chi connectivity index (χ1n) is 7.88. The fourth-order valence-corrected chi connectivity index (χ4v) is 4.05. The van der Waals surface area contributed by atoms with Crippen LogP contribution >= 0.6 is 23.5 Å². The van der Waals surface area contributed by atoms with Gasteiger partial charge in [-0.2, -0.15) is 20.2 Å². The smallest absolute Gasteiger partial charge is 0.394 e. The molecule has 1 saturated heterocycles. The zero-order valence-corrected chi connectivity index (χ0v) is 16.6. The lowest BCUT2D eigenvalue weighted by atomic mass is 10.0. The number of hydrogen-bond donors (Lipinski definition) is 5. The van der Waals surface area contributed by atoms with Crippen molar-refractivity contribution in [3.05, 3.63) is 0 Å². The molecule has 0 radical (unpaired) electrons. The van der Waals surface area contributed by atoms with Gasteiger partial charge in [-0.25, -0.2) is 4.28 Å². The van der Waals surface area contributed by atoms with E-state index in [0.717, 1.165) is 30.4 Å². The van der Waals surface area contributed by atoms with E-state index in [4.69, 9.17) is 9.29 Å². The molecule has 10 nitrogen and oxygen atoms in total. The van der Waals surface area contributed by atoms with E-state index in [0.29, 0.717) is 12.8 Å². The number of nitrogens with zero attached hydrogens (tertiary/aromatic N) is 1. The molecular formula is C13H25NO9S3. The molecule has 0 aromatic rings. The van der Waals surface area contributed by atoms with E-state index in [2.05, 4.69) is 9.44 Å². The van der Waals surface area contributed by atoms with E-state index in [-0.39, 0.29) is 5.04 Å². The first kappa shape index (κ1) is 23.9. The highest BCUT2D eigenvalue weighted by molar-refractivity contribution is 8.14. The Labute approximate surface area is 160 Å². The first-order chi connectivity index (χ1) is 12.2. The van der Waals surface area contributed by atoms with Crippen LogP contribution in [0, 0.1) is 0 Å². The standard InChI is InChI=1S/C13H25NO9S3/c1-24-6-4-2-3-5-9(14-23-26(19,20)21)25-13-12(18)11(17)10(16)8(7-15)22-13/h8,10-13,15-18H,2-7H2,1H3,(H,19,20,21)/b14-9+/t8-,10-,11+,12+,13+/m0/s1. The molecule has 1 rings (SSSR count). The molecule has 0 aromatic carbocycles. The predicted molar refractivity (Wildman–Crippen MR) is 98.3 cm³/mol. The second kappa shape index (κ2) is 11.7. The lowest BCUT2D eigenvalue weighted by Gasteiger charge is -2.39. The molecule has 5 N–H and O–H groups in total. The molecule has 1 aliphatic rings. The van der Waals surface area contributed by atoms with E-state index >= 15 is 0 Å². The van der Waals surface area contributed by atoms with Gasteiger partial charge in [0.25, 0.3) is 0 Å². The summed E-state index contributed by atoms with van der Waals surface area (Å²) in [4.78, 5) is 0. The summed E-state index contributed by atoms with van der Waals surface area (Å²) in [7, 11) is -4.78. The van der Waals surface area contributed by atoms with Crippen LogP contribution in [0.15, 0.2) is 5.16 Å². The molecule has 13 heteroatoms. The molecule has 1 fully saturated rings. The summed E-state index contributed by atoms with van der Waals surface area (Å²) in [5, 5.41) is 42.3. The fraction of sp³-hybridized carbons (Fsp3) is 0.923. The Balaban J connectivity index is 2.76.